The van der Waals surface area contributed by atoms with Crippen LogP contribution in [0.2, 0.25) is 0 Å². The van der Waals surface area contributed by atoms with E-state index in [1.54, 1.807) is 0 Å². The molecular formula is C13H28N2OS. The first kappa shape index (κ1) is 15.3. The molecule has 0 unspecified atom stereocenters. The summed E-state index contributed by atoms with van der Waals surface area (Å²) < 4.78 is 5.45. The zero-order valence-electron chi connectivity index (χ0n) is 11.6. The Hall–Kier alpha value is 0.230. The van der Waals surface area contributed by atoms with Crippen molar-refractivity contribution in [1.29, 1.82) is 0 Å². The van der Waals surface area contributed by atoms with Crippen molar-refractivity contribution >= 4 is 11.8 Å². The molecule has 0 aliphatic carbocycles. The number of hydrogen-bond acceptors (Lipinski definition) is 4. The Morgan fingerprint density at radius 2 is 2.06 bits per heavy atom. The molecule has 17 heavy (non-hydrogen) atoms. The number of rotatable bonds is 8. The maximum atomic E-state index is 5.45. The number of ether oxygens (including phenoxy) is 1. The second kappa shape index (κ2) is 8.35. The van der Waals surface area contributed by atoms with Crippen molar-refractivity contribution in [3.63, 3.8) is 0 Å². The van der Waals surface area contributed by atoms with Gasteiger partial charge in [0.05, 0.1) is 6.61 Å². The van der Waals surface area contributed by atoms with Gasteiger partial charge in [-0.05, 0) is 58.0 Å². The standard InChI is InChI=1S/C13H28N2OS/c1-15(9-4-10-17-3)11-13(12-16-2)5-7-14-8-6-13/h14H,4-12H2,1-3H3. The summed E-state index contributed by atoms with van der Waals surface area (Å²) in [5.74, 6) is 1.27. The van der Waals surface area contributed by atoms with E-state index in [2.05, 4.69) is 23.5 Å². The highest BCUT2D eigenvalue weighted by atomic mass is 32.2. The van der Waals surface area contributed by atoms with E-state index in [4.69, 9.17) is 4.74 Å². The van der Waals surface area contributed by atoms with E-state index >= 15 is 0 Å². The van der Waals surface area contributed by atoms with Gasteiger partial charge in [0.25, 0.3) is 0 Å². The molecule has 0 radical (unpaired) electrons. The van der Waals surface area contributed by atoms with Crippen LogP contribution in [-0.2, 0) is 4.74 Å². The lowest BCUT2D eigenvalue weighted by atomic mass is 9.79. The maximum absolute atomic E-state index is 5.45. The third-order valence-electron chi connectivity index (χ3n) is 3.61. The maximum Gasteiger partial charge on any atom is 0.0531 e. The van der Waals surface area contributed by atoms with Gasteiger partial charge in [-0.15, -0.1) is 0 Å². The summed E-state index contributed by atoms with van der Waals surface area (Å²) in [4.78, 5) is 2.49. The molecule has 0 amide bonds. The summed E-state index contributed by atoms with van der Waals surface area (Å²) in [6, 6.07) is 0. The number of nitrogens with zero attached hydrogens (tertiary/aromatic N) is 1. The molecule has 1 N–H and O–H groups in total. The lowest BCUT2D eigenvalue weighted by molar-refractivity contribution is 0.0286. The quantitative estimate of drug-likeness (QED) is 0.671. The normalized spacial score (nSPS) is 19.8. The van der Waals surface area contributed by atoms with Gasteiger partial charge in [-0.2, -0.15) is 11.8 Å². The van der Waals surface area contributed by atoms with Crippen molar-refractivity contribution < 1.29 is 4.74 Å². The number of piperidine rings is 1. The topological polar surface area (TPSA) is 24.5 Å². The smallest absolute Gasteiger partial charge is 0.0531 e. The Morgan fingerprint density at radius 3 is 2.65 bits per heavy atom. The Bertz CT molecular complexity index is 190. The van der Waals surface area contributed by atoms with Crippen LogP contribution in [0.3, 0.4) is 0 Å². The van der Waals surface area contributed by atoms with Crippen LogP contribution in [0.4, 0.5) is 0 Å². The fourth-order valence-electron chi connectivity index (χ4n) is 2.74. The SMILES string of the molecule is COCC1(CN(C)CCCSC)CCNCC1. The van der Waals surface area contributed by atoms with E-state index in [1.807, 2.05) is 18.9 Å². The highest BCUT2D eigenvalue weighted by Gasteiger charge is 2.32. The second-order valence-electron chi connectivity index (χ2n) is 5.27. The van der Waals surface area contributed by atoms with Crippen LogP contribution in [0.25, 0.3) is 0 Å². The fraction of sp³-hybridized carbons (Fsp3) is 1.00. The predicted molar refractivity (Wildman–Crippen MR) is 76.9 cm³/mol. The lowest BCUT2D eigenvalue weighted by Crippen LogP contribution is -2.46. The average Bonchev–Trinajstić information content (AvgIpc) is 2.30. The summed E-state index contributed by atoms with van der Waals surface area (Å²) in [7, 11) is 4.08. The number of nitrogens with one attached hydrogen (secondary N) is 1. The minimum absolute atomic E-state index is 0.383. The Kier molecular flexibility index (Phi) is 7.51. The third kappa shape index (κ3) is 5.60. The molecule has 0 aromatic carbocycles. The van der Waals surface area contributed by atoms with Crippen LogP contribution in [0.1, 0.15) is 19.3 Å². The Balaban J connectivity index is 2.36. The van der Waals surface area contributed by atoms with Gasteiger partial charge in [-0.1, -0.05) is 0 Å². The summed E-state index contributed by atoms with van der Waals surface area (Å²) in [5.41, 5.74) is 0.383. The van der Waals surface area contributed by atoms with Gasteiger partial charge in [-0.3, -0.25) is 0 Å². The first-order chi connectivity index (χ1) is 8.22. The monoisotopic (exact) mass is 260 g/mol. The predicted octanol–water partition coefficient (Wildman–Crippen LogP) is 1.69. The molecule has 1 heterocycles. The first-order valence-electron chi connectivity index (χ1n) is 6.59. The highest BCUT2D eigenvalue weighted by Crippen LogP contribution is 2.29. The Labute approximate surface area is 111 Å². The molecule has 0 spiro atoms. The van der Waals surface area contributed by atoms with Gasteiger partial charge in [0.2, 0.25) is 0 Å². The third-order valence-corrected chi connectivity index (χ3v) is 4.31. The van der Waals surface area contributed by atoms with Gasteiger partial charge in [-0.25, -0.2) is 0 Å². The molecule has 1 saturated heterocycles. The molecular weight excluding hydrogens is 232 g/mol. The summed E-state index contributed by atoms with van der Waals surface area (Å²) in [5, 5.41) is 3.45. The van der Waals surface area contributed by atoms with Crippen LogP contribution in [0, 0.1) is 5.41 Å². The van der Waals surface area contributed by atoms with Gasteiger partial charge < -0.3 is 15.0 Å². The molecule has 0 aromatic rings. The zero-order valence-corrected chi connectivity index (χ0v) is 12.4. The van der Waals surface area contributed by atoms with E-state index < -0.39 is 0 Å². The van der Waals surface area contributed by atoms with E-state index in [1.165, 1.54) is 38.1 Å². The van der Waals surface area contributed by atoms with E-state index in [-0.39, 0.29) is 0 Å². The Morgan fingerprint density at radius 1 is 1.35 bits per heavy atom. The van der Waals surface area contributed by atoms with Crippen molar-refractivity contribution in [2.24, 2.45) is 5.41 Å². The van der Waals surface area contributed by atoms with Gasteiger partial charge in [0, 0.05) is 19.1 Å². The number of hydrogen-bond donors (Lipinski definition) is 1. The second-order valence-corrected chi connectivity index (χ2v) is 6.25. The minimum Gasteiger partial charge on any atom is -0.384 e. The molecule has 3 nitrogen and oxygen atoms in total. The summed E-state index contributed by atoms with van der Waals surface area (Å²) >= 11 is 1.94. The molecule has 0 atom stereocenters. The molecule has 1 aliphatic rings. The average molecular weight is 260 g/mol. The molecule has 0 bridgehead atoms. The van der Waals surface area contributed by atoms with Gasteiger partial charge in [0.15, 0.2) is 0 Å². The molecule has 1 rings (SSSR count). The van der Waals surface area contributed by atoms with Crippen LogP contribution in [0.5, 0.6) is 0 Å². The van der Waals surface area contributed by atoms with E-state index in [0.717, 1.165) is 19.7 Å². The lowest BCUT2D eigenvalue weighted by Gasteiger charge is -2.40. The van der Waals surface area contributed by atoms with Crippen LogP contribution in [0.15, 0.2) is 0 Å². The molecule has 102 valence electrons. The van der Waals surface area contributed by atoms with Gasteiger partial charge >= 0.3 is 0 Å². The molecule has 0 saturated carbocycles. The fourth-order valence-corrected chi connectivity index (χ4v) is 3.16. The highest BCUT2D eigenvalue weighted by molar-refractivity contribution is 7.98. The molecule has 1 aliphatic heterocycles. The first-order valence-corrected chi connectivity index (χ1v) is 7.99. The van der Waals surface area contributed by atoms with Crippen molar-refractivity contribution in [1.82, 2.24) is 10.2 Å². The van der Waals surface area contributed by atoms with Gasteiger partial charge in [0.1, 0.15) is 0 Å². The van der Waals surface area contributed by atoms with Crippen LogP contribution >= 0.6 is 11.8 Å². The van der Waals surface area contributed by atoms with Crippen molar-refractivity contribution in [3.8, 4) is 0 Å². The van der Waals surface area contributed by atoms with E-state index in [0.29, 0.717) is 5.41 Å². The minimum atomic E-state index is 0.383. The van der Waals surface area contributed by atoms with Crippen LogP contribution in [-0.4, -0.2) is 63.9 Å². The van der Waals surface area contributed by atoms with E-state index in [9.17, 15) is 0 Å². The largest absolute Gasteiger partial charge is 0.384 e. The van der Waals surface area contributed by atoms with Crippen LogP contribution < -0.4 is 5.32 Å². The number of methoxy groups -OCH3 is 1. The summed E-state index contributed by atoms with van der Waals surface area (Å²) in [6.07, 6.45) is 5.96. The van der Waals surface area contributed by atoms with Crippen molar-refractivity contribution in [2.45, 2.75) is 19.3 Å². The van der Waals surface area contributed by atoms with Crippen molar-refractivity contribution in [3.05, 3.63) is 0 Å². The summed E-state index contributed by atoms with van der Waals surface area (Å²) in [6.45, 7) is 5.57. The molecule has 0 aromatic heterocycles. The zero-order chi connectivity index (χ0) is 12.6. The molecule has 4 heteroatoms. The van der Waals surface area contributed by atoms with Crippen molar-refractivity contribution in [2.75, 3.05) is 59.0 Å². The molecule has 1 fully saturated rings. The number of thioether (sulfide) groups is 1.